The largest absolute Gasteiger partial charge is 0.352 e. The highest BCUT2D eigenvalue weighted by molar-refractivity contribution is 5.89. The van der Waals surface area contributed by atoms with Gasteiger partial charge in [-0.1, -0.05) is 20.8 Å². The zero-order valence-corrected chi connectivity index (χ0v) is 11.4. The van der Waals surface area contributed by atoms with E-state index in [2.05, 4.69) is 10.6 Å². The predicted molar refractivity (Wildman–Crippen MR) is 68.3 cm³/mol. The van der Waals surface area contributed by atoms with Gasteiger partial charge in [0, 0.05) is 6.04 Å². The fourth-order valence-corrected chi connectivity index (χ4v) is 1.15. The van der Waals surface area contributed by atoms with Gasteiger partial charge in [0.25, 0.3) is 0 Å². The fourth-order valence-electron chi connectivity index (χ4n) is 1.15. The standard InChI is InChI=1S/C12H25N3O2/c1-6-8(4)14-11(16)9(5)15-12(17)10(13)7(2)3/h7-10H,6,13H2,1-5H3,(H,14,16)(H,15,17)/t8-,9-,10-/m0/s1. The first-order chi connectivity index (χ1) is 7.79. The molecule has 0 saturated carbocycles. The summed E-state index contributed by atoms with van der Waals surface area (Å²) < 4.78 is 0. The number of carbonyl (C=O) groups excluding carboxylic acids is 2. The molecule has 4 N–H and O–H groups in total. The molecule has 0 aliphatic rings. The van der Waals surface area contributed by atoms with Crippen LogP contribution in [0, 0.1) is 5.92 Å². The van der Waals surface area contributed by atoms with Gasteiger partial charge < -0.3 is 16.4 Å². The lowest BCUT2D eigenvalue weighted by atomic mass is 10.0. The van der Waals surface area contributed by atoms with E-state index in [1.54, 1.807) is 6.92 Å². The summed E-state index contributed by atoms with van der Waals surface area (Å²) in [4.78, 5) is 23.3. The van der Waals surface area contributed by atoms with Gasteiger partial charge >= 0.3 is 0 Å². The van der Waals surface area contributed by atoms with Gasteiger partial charge in [-0.15, -0.1) is 0 Å². The van der Waals surface area contributed by atoms with E-state index in [4.69, 9.17) is 5.73 Å². The molecule has 0 aromatic carbocycles. The molecule has 0 bridgehead atoms. The molecule has 0 fully saturated rings. The van der Waals surface area contributed by atoms with Crippen molar-refractivity contribution in [3.8, 4) is 0 Å². The van der Waals surface area contributed by atoms with Crippen molar-refractivity contribution in [2.45, 2.75) is 59.2 Å². The summed E-state index contributed by atoms with van der Waals surface area (Å²) in [6, 6.07) is -1.02. The number of carbonyl (C=O) groups is 2. The Kier molecular flexibility index (Phi) is 6.80. The number of amides is 2. The van der Waals surface area contributed by atoms with Crippen LogP contribution in [-0.2, 0) is 9.59 Å². The van der Waals surface area contributed by atoms with Crippen LogP contribution in [0.25, 0.3) is 0 Å². The van der Waals surface area contributed by atoms with E-state index < -0.39 is 12.1 Å². The van der Waals surface area contributed by atoms with Crippen LogP contribution in [0.15, 0.2) is 0 Å². The summed E-state index contributed by atoms with van der Waals surface area (Å²) in [5.74, 6) is -0.407. The maximum Gasteiger partial charge on any atom is 0.242 e. The molecule has 17 heavy (non-hydrogen) atoms. The Bertz CT molecular complexity index is 266. The molecule has 0 radical (unpaired) electrons. The smallest absolute Gasteiger partial charge is 0.242 e. The number of rotatable bonds is 6. The molecule has 5 nitrogen and oxygen atoms in total. The van der Waals surface area contributed by atoms with Crippen LogP contribution >= 0.6 is 0 Å². The van der Waals surface area contributed by atoms with Gasteiger partial charge in [-0.25, -0.2) is 0 Å². The first kappa shape index (κ1) is 15.9. The Hall–Kier alpha value is -1.10. The van der Waals surface area contributed by atoms with Crippen molar-refractivity contribution in [1.82, 2.24) is 10.6 Å². The van der Waals surface area contributed by atoms with Crippen LogP contribution in [0.2, 0.25) is 0 Å². The summed E-state index contributed by atoms with van der Waals surface area (Å²) in [5, 5.41) is 5.42. The second-order valence-electron chi connectivity index (χ2n) is 4.82. The second-order valence-corrected chi connectivity index (χ2v) is 4.82. The topological polar surface area (TPSA) is 84.2 Å². The lowest BCUT2D eigenvalue weighted by molar-refractivity contribution is -0.130. The third-order valence-corrected chi connectivity index (χ3v) is 2.77. The van der Waals surface area contributed by atoms with Crippen LogP contribution in [0.3, 0.4) is 0 Å². The highest BCUT2D eigenvalue weighted by atomic mass is 16.2. The second kappa shape index (κ2) is 7.27. The van der Waals surface area contributed by atoms with Crippen LogP contribution in [-0.4, -0.2) is 29.9 Å². The molecular formula is C12H25N3O2. The lowest BCUT2D eigenvalue weighted by Crippen LogP contribution is -2.52. The minimum Gasteiger partial charge on any atom is -0.352 e. The van der Waals surface area contributed by atoms with Crippen molar-refractivity contribution < 1.29 is 9.59 Å². The Morgan fingerprint density at radius 2 is 1.59 bits per heavy atom. The average molecular weight is 243 g/mol. The molecule has 0 spiro atoms. The molecule has 0 saturated heterocycles. The fraction of sp³-hybridized carbons (Fsp3) is 0.833. The molecule has 0 aromatic rings. The molecule has 0 aliphatic heterocycles. The van der Waals surface area contributed by atoms with E-state index in [9.17, 15) is 9.59 Å². The van der Waals surface area contributed by atoms with Crippen molar-refractivity contribution in [3.63, 3.8) is 0 Å². The van der Waals surface area contributed by atoms with Gasteiger partial charge in [0.05, 0.1) is 6.04 Å². The molecule has 3 atom stereocenters. The average Bonchev–Trinajstić information content (AvgIpc) is 2.27. The monoisotopic (exact) mass is 243 g/mol. The molecule has 5 heteroatoms. The third-order valence-electron chi connectivity index (χ3n) is 2.77. The minimum atomic E-state index is -0.575. The molecular weight excluding hydrogens is 218 g/mol. The Morgan fingerprint density at radius 3 is 2.00 bits per heavy atom. The molecule has 0 aliphatic carbocycles. The van der Waals surface area contributed by atoms with Crippen molar-refractivity contribution in [1.29, 1.82) is 0 Å². The van der Waals surface area contributed by atoms with Crippen LogP contribution in [0.5, 0.6) is 0 Å². The van der Waals surface area contributed by atoms with E-state index in [-0.39, 0.29) is 23.8 Å². The lowest BCUT2D eigenvalue weighted by Gasteiger charge is -2.20. The van der Waals surface area contributed by atoms with Crippen molar-refractivity contribution in [2.24, 2.45) is 11.7 Å². The van der Waals surface area contributed by atoms with Gasteiger partial charge in [0.1, 0.15) is 6.04 Å². The Balaban J connectivity index is 4.21. The normalized spacial score (nSPS) is 16.2. The zero-order chi connectivity index (χ0) is 13.6. The minimum absolute atomic E-state index is 0.0554. The maximum absolute atomic E-state index is 11.7. The van der Waals surface area contributed by atoms with Crippen molar-refractivity contribution >= 4 is 11.8 Å². The first-order valence-electron chi connectivity index (χ1n) is 6.15. The maximum atomic E-state index is 11.7. The predicted octanol–water partition coefficient (Wildman–Crippen LogP) is 0.389. The van der Waals surface area contributed by atoms with E-state index in [1.807, 2.05) is 27.7 Å². The van der Waals surface area contributed by atoms with E-state index in [1.165, 1.54) is 0 Å². The van der Waals surface area contributed by atoms with Gasteiger partial charge in [-0.3, -0.25) is 9.59 Å². The van der Waals surface area contributed by atoms with Gasteiger partial charge in [0.15, 0.2) is 0 Å². The summed E-state index contributed by atoms with van der Waals surface area (Å²) in [5.41, 5.74) is 5.69. The van der Waals surface area contributed by atoms with E-state index in [0.717, 1.165) is 6.42 Å². The molecule has 0 unspecified atom stereocenters. The highest BCUT2D eigenvalue weighted by Crippen LogP contribution is 1.99. The third kappa shape index (κ3) is 5.68. The van der Waals surface area contributed by atoms with Gasteiger partial charge in [-0.2, -0.15) is 0 Å². The quantitative estimate of drug-likeness (QED) is 0.631. The molecule has 0 heterocycles. The molecule has 100 valence electrons. The Morgan fingerprint density at radius 1 is 1.06 bits per heavy atom. The van der Waals surface area contributed by atoms with E-state index in [0.29, 0.717) is 0 Å². The van der Waals surface area contributed by atoms with Crippen molar-refractivity contribution in [3.05, 3.63) is 0 Å². The number of hydrogen-bond acceptors (Lipinski definition) is 3. The molecule has 0 aromatic heterocycles. The SMILES string of the molecule is CC[C@H](C)NC(=O)[C@H](C)NC(=O)[C@@H](N)C(C)C. The van der Waals surface area contributed by atoms with E-state index >= 15 is 0 Å². The number of hydrogen-bond donors (Lipinski definition) is 3. The Labute approximate surface area is 104 Å². The summed E-state index contributed by atoms with van der Waals surface area (Å²) >= 11 is 0. The van der Waals surface area contributed by atoms with Crippen LogP contribution in [0.1, 0.15) is 41.0 Å². The van der Waals surface area contributed by atoms with Crippen LogP contribution < -0.4 is 16.4 Å². The number of nitrogens with two attached hydrogens (primary N) is 1. The van der Waals surface area contributed by atoms with Gasteiger partial charge in [0.2, 0.25) is 11.8 Å². The zero-order valence-electron chi connectivity index (χ0n) is 11.4. The van der Waals surface area contributed by atoms with Crippen LogP contribution in [0.4, 0.5) is 0 Å². The summed E-state index contributed by atoms with van der Waals surface area (Å²) in [7, 11) is 0. The first-order valence-corrected chi connectivity index (χ1v) is 6.15. The summed E-state index contributed by atoms with van der Waals surface area (Å²) in [6.45, 7) is 9.31. The number of nitrogens with one attached hydrogen (secondary N) is 2. The summed E-state index contributed by atoms with van der Waals surface area (Å²) in [6.07, 6.45) is 0.859. The van der Waals surface area contributed by atoms with Crippen molar-refractivity contribution in [2.75, 3.05) is 0 Å². The molecule has 0 rings (SSSR count). The molecule has 2 amide bonds. The van der Waals surface area contributed by atoms with Gasteiger partial charge in [-0.05, 0) is 26.2 Å². The highest BCUT2D eigenvalue weighted by Gasteiger charge is 2.22.